The van der Waals surface area contributed by atoms with E-state index in [0.29, 0.717) is 25.9 Å². The van der Waals surface area contributed by atoms with E-state index in [9.17, 15) is 0 Å². The molecule has 15 heavy (non-hydrogen) atoms. The molecule has 0 aromatic heterocycles. The number of nitrogens with one attached hydrogen (secondary N) is 1. The van der Waals surface area contributed by atoms with Crippen LogP contribution < -0.4 is 5.32 Å². The molecule has 0 aromatic rings. The van der Waals surface area contributed by atoms with Gasteiger partial charge in [0.2, 0.25) is 0 Å². The van der Waals surface area contributed by atoms with Crippen LogP contribution >= 0.6 is 0 Å². The quantitative estimate of drug-likeness (QED) is 0.492. The average molecular weight is 213 g/mol. The van der Waals surface area contributed by atoms with Crippen LogP contribution in [0.25, 0.3) is 0 Å². The lowest BCUT2D eigenvalue weighted by molar-refractivity contribution is 0.0535. The van der Waals surface area contributed by atoms with Gasteiger partial charge in [-0.1, -0.05) is 12.5 Å². The minimum absolute atomic E-state index is 0.619. The first-order valence-electron chi connectivity index (χ1n) is 5.93. The molecule has 1 aliphatic heterocycles. The summed E-state index contributed by atoms with van der Waals surface area (Å²) in [6.07, 6.45) is 6.87. The molecule has 0 aliphatic carbocycles. The van der Waals surface area contributed by atoms with Crippen molar-refractivity contribution < 1.29 is 9.47 Å². The van der Waals surface area contributed by atoms with E-state index in [1.54, 1.807) is 6.08 Å². The Hall–Kier alpha value is -0.380. The van der Waals surface area contributed by atoms with Crippen molar-refractivity contribution in [2.24, 2.45) is 0 Å². The van der Waals surface area contributed by atoms with Crippen molar-refractivity contribution in [3.8, 4) is 0 Å². The minimum Gasteiger partial charge on any atom is -0.379 e. The fraction of sp³-hybridized carbons (Fsp3) is 0.833. The van der Waals surface area contributed by atoms with E-state index in [1.807, 2.05) is 0 Å². The number of ether oxygens (including phenoxy) is 2. The molecular formula is C12H23NO2. The molecule has 1 fully saturated rings. The van der Waals surface area contributed by atoms with Crippen molar-refractivity contribution >= 4 is 0 Å². The van der Waals surface area contributed by atoms with Crippen LogP contribution in [0, 0.1) is 0 Å². The van der Waals surface area contributed by atoms with Gasteiger partial charge < -0.3 is 14.8 Å². The van der Waals surface area contributed by atoms with Gasteiger partial charge in [0.05, 0.1) is 19.8 Å². The molecule has 1 unspecified atom stereocenters. The molecular weight excluding hydrogens is 190 g/mol. The van der Waals surface area contributed by atoms with Gasteiger partial charge in [0.15, 0.2) is 0 Å². The first-order valence-corrected chi connectivity index (χ1v) is 5.93. The Labute approximate surface area is 92.8 Å². The third-order valence-corrected chi connectivity index (χ3v) is 2.63. The molecule has 88 valence electrons. The molecule has 1 N–H and O–H groups in total. The number of hydrogen-bond acceptors (Lipinski definition) is 3. The summed E-state index contributed by atoms with van der Waals surface area (Å²) in [7, 11) is 0. The van der Waals surface area contributed by atoms with Crippen LogP contribution in [0.5, 0.6) is 0 Å². The van der Waals surface area contributed by atoms with E-state index in [-0.39, 0.29) is 0 Å². The van der Waals surface area contributed by atoms with E-state index >= 15 is 0 Å². The Balaban J connectivity index is 1.81. The SMILES string of the molecule is C=CCOCCOCCC1CCCCN1. The fourth-order valence-electron chi connectivity index (χ4n) is 1.78. The highest BCUT2D eigenvalue weighted by Crippen LogP contribution is 2.09. The summed E-state index contributed by atoms with van der Waals surface area (Å²) < 4.78 is 10.7. The smallest absolute Gasteiger partial charge is 0.0704 e. The van der Waals surface area contributed by atoms with Crippen LogP contribution in [0.2, 0.25) is 0 Å². The van der Waals surface area contributed by atoms with Crippen LogP contribution in [-0.2, 0) is 9.47 Å². The Kier molecular flexibility index (Phi) is 7.52. The molecule has 0 radical (unpaired) electrons. The first-order chi connectivity index (χ1) is 7.43. The van der Waals surface area contributed by atoms with Crippen molar-refractivity contribution in [3.05, 3.63) is 12.7 Å². The second-order valence-corrected chi connectivity index (χ2v) is 3.91. The van der Waals surface area contributed by atoms with Crippen LogP contribution in [-0.4, -0.2) is 39.0 Å². The number of piperidine rings is 1. The number of rotatable bonds is 8. The van der Waals surface area contributed by atoms with E-state index in [0.717, 1.165) is 13.0 Å². The minimum atomic E-state index is 0.619. The summed E-state index contributed by atoms with van der Waals surface area (Å²) in [5.41, 5.74) is 0. The molecule has 0 aromatic carbocycles. The molecule has 0 saturated carbocycles. The summed E-state index contributed by atoms with van der Waals surface area (Å²) in [6, 6.07) is 0.674. The predicted molar refractivity (Wildman–Crippen MR) is 62.1 cm³/mol. The molecule has 1 heterocycles. The third-order valence-electron chi connectivity index (χ3n) is 2.63. The van der Waals surface area contributed by atoms with Gasteiger partial charge in [-0.05, 0) is 25.8 Å². The van der Waals surface area contributed by atoms with Crippen molar-refractivity contribution in [2.75, 3.05) is 33.0 Å². The normalized spacial score (nSPS) is 21.5. The average Bonchev–Trinajstić information content (AvgIpc) is 2.29. The lowest BCUT2D eigenvalue weighted by atomic mass is 10.0. The Morgan fingerprint density at radius 1 is 1.20 bits per heavy atom. The van der Waals surface area contributed by atoms with Crippen molar-refractivity contribution in [3.63, 3.8) is 0 Å². The lowest BCUT2D eigenvalue weighted by Crippen LogP contribution is -2.34. The molecule has 0 amide bonds. The second kappa shape index (κ2) is 8.89. The molecule has 3 nitrogen and oxygen atoms in total. The van der Waals surface area contributed by atoms with Gasteiger partial charge in [-0.15, -0.1) is 6.58 Å². The summed E-state index contributed by atoms with van der Waals surface area (Å²) >= 11 is 0. The Morgan fingerprint density at radius 2 is 2.07 bits per heavy atom. The van der Waals surface area contributed by atoms with E-state index in [1.165, 1.54) is 25.8 Å². The van der Waals surface area contributed by atoms with Crippen molar-refractivity contribution in [1.29, 1.82) is 0 Å². The maximum Gasteiger partial charge on any atom is 0.0704 e. The fourth-order valence-corrected chi connectivity index (χ4v) is 1.78. The maximum atomic E-state index is 5.48. The zero-order chi connectivity index (χ0) is 10.8. The van der Waals surface area contributed by atoms with Crippen LogP contribution in [0.1, 0.15) is 25.7 Å². The second-order valence-electron chi connectivity index (χ2n) is 3.91. The van der Waals surface area contributed by atoms with Crippen LogP contribution in [0.4, 0.5) is 0 Å². The van der Waals surface area contributed by atoms with Crippen LogP contribution in [0.3, 0.4) is 0 Å². The molecule has 1 atom stereocenters. The van der Waals surface area contributed by atoms with Crippen molar-refractivity contribution in [1.82, 2.24) is 5.32 Å². The zero-order valence-electron chi connectivity index (χ0n) is 9.54. The third kappa shape index (κ3) is 6.66. The molecule has 0 bridgehead atoms. The topological polar surface area (TPSA) is 30.5 Å². The summed E-state index contributed by atoms with van der Waals surface area (Å²) in [5, 5.41) is 3.51. The highest BCUT2D eigenvalue weighted by molar-refractivity contribution is 4.71. The highest BCUT2D eigenvalue weighted by Gasteiger charge is 2.11. The highest BCUT2D eigenvalue weighted by atomic mass is 16.5. The van der Waals surface area contributed by atoms with Gasteiger partial charge in [-0.2, -0.15) is 0 Å². The van der Waals surface area contributed by atoms with Gasteiger partial charge in [0, 0.05) is 12.6 Å². The maximum absolute atomic E-state index is 5.48. The molecule has 1 saturated heterocycles. The zero-order valence-corrected chi connectivity index (χ0v) is 9.54. The molecule has 1 aliphatic rings. The van der Waals surface area contributed by atoms with Gasteiger partial charge >= 0.3 is 0 Å². The first kappa shape index (κ1) is 12.7. The van der Waals surface area contributed by atoms with E-state index in [4.69, 9.17) is 9.47 Å². The largest absolute Gasteiger partial charge is 0.379 e. The lowest BCUT2D eigenvalue weighted by Gasteiger charge is -2.23. The van der Waals surface area contributed by atoms with Gasteiger partial charge in [-0.25, -0.2) is 0 Å². The predicted octanol–water partition coefficient (Wildman–Crippen LogP) is 1.74. The standard InChI is InChI=1S/C12H23NO2/c1-2-8-14-10-11-15-9-6-12-5-3-4-7-13-12/h2,12-13H,1,3-11H2. The summed E-state index contributed by atoms with van der Waals surface area (Å²) in [4.78, 5) is 0. The summed E-state index contributed by atoms with van der Waals surface area (Å²) in [6.45, 7) is 7.58. The summed E-state index contributed by atoms with van der Waals surface area (Å²) in [5.74, 6) is 0. The van der Waals surface area contributed by atoms with Crippen LogP contribution in [0.15, 0.2) is 12.7 Å². The van der Waals surface area contributed by atoms with E-state index in [2.05, 4.69) is 11.9 Å². The van der Waals surface area contributed by atoms with Gasteiger partial charge in [-0.3, -0.25) is 0 Å². The van der Waals surface area contributed by atoms with Crippen molar-refractivity contribution in [2.45, 2.75) is 31.7 Å². The van der Waals surface area contributed by atoms with Gasteiger partial charge in [0.25, 0.3) is 0 Å². The molecule has 1 rings (SSSR count). The van der Waals surface area contributed by atoms with E-state index < -0.39 is 0 Å². The molecule has 0 spiro atoms. The number of hydrogen-bond donors (Lipinski definition) is 1. The Bertz CT molecular complexity index is 156. The Morgan fingerprint density at radius 3 is 2.80 bits per heavy atom. The van der Waals surface area contributed by atoms with Gasteiger partial charge in [0.1, 0.15) is 0 Å². The molecule has 3 heteroatoms. The monoisotopic (exact) mass is 213 g/mol.